The number of hydrogen-bond donors (Lipinski definition) is 2. The van der Waals surface area contributed by atoms with Gasteiger partial charge in [0.05, 0.1) is 6.61 Å². The molecule has 1 heterocycles. The van der Waals surface area contributed by atoms with Gasteiger partial charge >= 0.3 is 5.97 Å². The number of anilines is 1. The molecule has 5 heteroatoms. The summed E-state index contributed by atoms with van der Waals surface area (Å²) in [7, 11) is 0. The van der Waals surface area contributed by atoms with Crippen molar-refractivity contribution >= 4 is 11.8 Å². The molecule has 1 aliphatic carbocycles. The number of nitrogens with zero attached hydrogens (tertiary/aromatic N) is 1. The van der Waals surface area contributed by atoms with E-state index in [2.05, 4.69) is 10.3 Å². The predicted octanol–water partition coefficient (Wildman–Crippen LogP) is 2.33. The van der Waals surface area contributed by atoms with E-state index in [4.69, 9.17) is 10.5 Å². The maximum Gasteiger partial charge on any atom is 0.341 e. The Bertz CT molecular complexity index is 456. The highest BCUT2D eigenvalue weighted by Gasteiger charge is 2.27. The molecular formula is C15H23N3O2. The number of hydrogen-bond acceptors (Lipinski definition) is 5. The van der Waals surface area contributed by atoms with Crippen LogP contribution < -0.4 is 11.1 Å². The predicted molar refractivity (Wildman–Crippen MR) is 78.7 cm³/mol. The second kappa shape index (κ2) is 6.70. The van der Waals surface area contributed by atoms with Crippen LogP contribution >= 0.6 is 0 Å². The number of carbonyl (C=O) groups excluding carboxylic acids is 1. The van der Waals surface area contributed by atoms with Gasteiger partial charge < -0.3 is 15.8 Å². The van der Waals surface area contributed by atoms with Crippen molar-refractivity contribution in [2.24, 2.45) is 5.73 Å². The second-order valence-corrected chi connectivity index (χ2v) is 5.40. The molecule has 2 rings (SSSR count). The van der Waals surface area contributed by atoms with Crippen LogP contribution in [0.4, 0.5) is 5.82 Å². The molecule has 0 amide bonds. The SMILES string of the molecule is CCOC(=O)c1cccnc1NCC1(N)CCCCC1. The van der Waals surface area contributed by atoms with Gasteiger partial charge in [-0.05, 0) is 31.9 Å². The molecule has 0 aliphatic heterocycles. The minimum Gasteiger partial charge on any atom is -0.462 e. The van der Waals surface area contributed by atoms with Crippen LogP contribution in [0.15, 0.2) is 18.3 Å². The summed E-state index contributed by atoms with van der Waals surface area (Å²) in [5.41, 5.74) is 6.66. The van der Waals surface area contributed by atoms with E-state index < -0.39 is 0 Å². The quantitative estimate of drug-likeness (QED) is 0.808. The van der Waals surface area contributed by atoms with Crippen molar-refractivity contribution in [2.45, 2.75) is 44.6 Å². The van der Waals surface area contributed by atoms with Gasteiger partial charge in [-0.2, -0.15) is 0 Å². The Morgan fingerprint density at radius 1 is 1.45 bits per heavy atom. The molecule has 0 aromatic carbocycles. The lowest BCUT2D eigenvalue weighted by Gasteiger charge is -2.33. The third kappa shape index (κ3) is 3.70. The number of ether oxygens (including phenoxy) is 1. The van der Waals surface area contributed by atoms with E-state index in [1.54, 1.807) is 25.3 Å². The molecule has 0 bridgehead atoms. The summed E-state index contributed by atoms with van der Waals surface area (Å²) in [6.45, 7) is 2.78. The van der Waals surface area contributed by atoms with Crippen molar-refractivity contribution < 1.29 is 9.53 Å². The van der Waals surface area contributed by atoms with Crippen LogP contribution in [0.3, 0.4) is 0 Å². The fourth-order valence-electron chi connectivity index (χ4n) is 2.61. The smallest absolute Gasteiger partial charge is 0.341 e. The molecule has 1 aliphatic rings. The molecule has 0 unspecified atom stereocenters. The molecule has 0 atom stereocenters. The lowest BCUT2D eigenvalue weighted by Crippen LogP contribution is -2.47. The molecule has 1 fully saturated rings. The van der Waals surface area contributed by atoms with Crippen LogP contribution in [0, 0.1) is 0 Å². The molecule has 20 heavy (non-hydrogen) atoms. The molecule has 1 aromatic heterocycles. The number of carbonyl (C=O) groups is 1. The third-order valence-electron chi connectivity index (χ3n) is 3.76. The highest BCUT2D eigenvalue weighted by atomic mass is 16.5. The van der Waals surface area contributed by atoms with Gasteiger partial charge in [0.15, 0.2) is 0 Å². The van der Waals surface area contributed by atoms with Gasteiger partial charge in [0.1, 0.15) is 11.4 Å². The maximum absolute atomic E-state index is 11.9. The molecule has 5 nitrogen and oxygen atoms in total. The maximum atomic E-state index is 11.9. The molecule has 1 saturated carbocycles. The highest BCUT2D eigenvalue weighted by molar-refractivity contribution is 5.94. The molecular weight excluding hydrogens is 254 g/mol. The number of nitrogens with two attached hydrogens (primary N) is 1. The summed E-state index contributed by atoms with van der Waals surface area (Å²) >= 11 is 0. The van der Waals surface area contributed by atoms with E-state index in [0.717, 1.165) is 12.8 Å². The molecule has 1 aromatic rings. The van der Waals surface area contributed by atoms with E-state index >= 15 is 0 Å². The van der Waals surface area contributed by atoms with Gasteiger partial charge in [-0.1, -0.05) is 19.3 Å². The standard InChI is InChI=1S/C15H23N3O2/c1-2-20-14(19)12-7-6-10-17-13(12)18-11-15(16)8-4-3-5-9-15/h6-7,10H,2-5,8-9,11,16H2,1H3,(H,17,18). The first-order valence-corrected chi connectivity index (χ1v) is 7.29. The zero-order chi connectivity index (χ0) is 14.4. The Morgan fingerprint density at radius 2 is 2.20 bits per heavy atom. The van der Waals surface area contributed by atoms with Crippen LogP contribution in [-0.4, -0.2) is 29.6 Å². The average Bonchev–Trinajstić information content (AvgIpc) is 2.47. The van der Waals surface area contributed by atoms with Crippen LogP contribution in [0.25, 0.3) is 0 Å². The number of rotatable bonds is 5. The molecule has 110 valence electrons. The summed E-state index contributed by atoms with van der Waals surface area (Å²) in [5, 5.41) is 3.23. The van der Waals surface area contributed by atoms with Gasteiger partial charge in [-0.3, -0.25) is 0 Å². The van der Waals surface area contributed by atoms with Crippen LogP contribution in [-0.2, 0) is 4.74 Å². The third-order valence-corrected chi connectivity index (χ3v) is 3.76. The van der Waals surface area contributed by atoms with Crippen molar-refractivity contribution in [2.75, 3.05) is 18.5 Å². The Kier molecular flexibility index (Phi) is 4.95. The Labute approximate surface area is 119 Å². The van der Waals surface area contributed by atoms with Crippen molar-refractivity contribution in [3.63, 3.8) is 0 Å². The summed E-state index contributed by atoms with van der Waals surface area (Å²) < 4.78 is 5.04. The monoisotopic (exact) mass is 277 g/mol. The van der Waals surface area contributed by atoms with E-state index in [0.29, 0.717) is 24.5 Å². The largest absolute Gasteiger partial charge is 0.462 e. The van der Waals surface area contributed by atoms with Crippen LogP contribution in [0.2, 0.25) is 0 Å². The Morgan fingerprint density at radius 3 is 2.90 bits per heavy atom. The first-order chi connectivity index (χ1) is 9.64. The van der Waals surface area contributed by atoms with E-state index in [1.807, 2.05) is 0 Å². The van der Waals surface area contributed by atoms with Crippen LogP contribution in [0.5, 0.6) is 0 Å². The van der Waals surface area contributed by atoms with E-state index in [1.165, 1.54) is 19.3 Å². The first kappa shape index (κ1) is 14.8. The Balaban J connectivity index is 2.03. The minimum atomic E-state index is -0.349. The topological polar surface area (TPSA) is 77.2 Å². The highest BCUT2D eigenvalue weighted by Crippen LogP contribution is 2.26. The Hall–Kier alpha value is -1.62. The van der Waals surface area contributed by atoms with Gasteiger partial charge in [0, 0.05) is 18.3 Å². The number of nitrogens with one attached hydrogen (secondary N) is 1. The molecule has 3 N–H and O–H groups in total. The summed E-state index contributed by atoms with van der Waals surface area (Å²) in [6.07, 6.45) is 7.30. The number of pyridine rings is 1. The molecule has 0 radical (unpaired) electrons. The first-order valence-electron chi connectivity index (χ1n) is 7.29. The summed E-state index contributed by atoms with van der Waals surface area (Å²) in [6, 6.07) is 3.45. The second-order valence-electron chi connectivity index (χ2n) is 5.40. The fraction of sp³-hybridized carbons (Fsp3) is 0.600. The zero-order valence-electron chi connectivity index (χ0n) is 12.0. The average molecular weight is 277 g/mol. The summed E-state index contributed by atoms with van der Waals surface area (Å²) in [4.78, 5) is 16.1. The van der Waals surface area contributed by atoms with Crippen molar-refractivity contribution in [3.05, 3.63) is 23.9 Å². The number of aromatic nitrogens is 1. The lowest BCUT2D eigenvalue weighted by atomic mass is 9.82. The number of esters is 1. The zero-order valence-corrected chi connectivity index (χ0v) is 12.0. The van der Waals surface area contributed by atoms with E-state index in [-0.39, 0.29) is 11.5 Å². The van der Waals surface area contributed by atoms with Crippen molar-refractivity contribution in [1.29, 1.82) is 0 Å². The van der Waals surface area contributed by atoms with Crippen molar-refractivity contribution in [3.8, 4) is 0 Å². The normalized spacial score (nSPS) is 17.5. The lowest BCUT2D eigenvalue weighted by molar-refractivity contribution is 0.0527. The summed E-state index contributed by atoms with van der Waals surface area (Å²) in [5.74, 6) is 0.208. The van der Waals surface area contributed by atoms with Gasteiger partial charge in [0.2, 0.25) is 0 Å². The molecule has 0 spiro atoms. The van der Waals surface area contributed by atoms with Gasteiger partial charge in [-0.15, -0.1) is 0 Å². The van der Waals surface area contributed by atoms with Crippen LogP contribution in [0.1, 0.15) is 49.4 Å². The van der Waals surface area contributed by atoms with Gasteiger partial charge in [-0.25, -0.2) is 9.78 Å². The molecule has 0 saturated heterocycles. The minimum absolute atomic E-state index is 0.193. The van der Waals surface area contributed by atoms with E-state index in [9.17, 15) is 4.79 Å². The van der Waals surface area contributed by atoms with Crippen molar-refractivity contribution in [1.82, 2.24) is 4.98 Å². The van der Waals surface area contributed by atoms with Gasteiger partial charge in [0.25, 0.3) is 0 Å². The fourth-order valence-corrected chi connectivity index (χ4v) is 2.61.